The second-order valence-electron chi connectivity index (χ2n) is 4.95. The molecule has 4 nitrogen and oxygen atoms in total. The third kappa shape index (κ3) is 6.59. The molecule has 19 heavy (non-hydrogen) atoms. The molecule has 1 aromatic heterocycles. The van der Waals surface area contributed by atoms with Gasteiger partial charge in [0.2, 0.25) is 0 Å². The summed E-state index contributed by atoms with van der Waals surface area (Å²) in [6.45, 7) is 5.19. The number of nitrogens with one attached hydrogen (secondary N) is 2. The zero-order chi connectivity index (χ0) is 14.1. The highest BCUT2D eigenvalue weighted by atomic mass is 32.1. The Morgan fingerprint density at radius 1 is 1.42 bits per heavy atom. The summed E-state index contributed by atoms with van der Waals surface area (Å²) in [6, 6.07) is 4.29. The van der Waals surface area contributed by atoms with Crippen molar-refractivity contribution in [2.75, 3.05) is 40.8 Å². The van der Waals surface area contributed by atoms with Gasteiger partial charge >= 0.3 is 0 Å². The highest BCUT2D eigenvalue weighted by molar-refractivity contribution is 7.10. The Morgan fingerprint density at radius 3 is 2.79 bits per heavy atom. The first-order chi connectivity index (χ1) is 9.13. The quantitative estimate of drug-likeness (QED) is 0.456. The maximum atomic E-state index is 4.24. The standard InChI is InChI=1S/C14H26N4S/c1-12(13-7-5-10-19-13)11-17-14(15-2)16-8-6-9-18(3)4/h5,7,10,12H,6,8-9,11H2,1-4H3,(H2,15,16,17). The topological polar surface area (TPSA) is 39.7 Å². The predicted octanol–water partition coefficient (Wildman–Crippen LogP) is 1.97. The first-order valence-corrected chi connectivity index (χ1v) is 7.64. The zero-order valence-electron chi connectivity index (χ0n) is 12.4. The van der Waals surface area contributed by atoms with Crippen LogP contribution >= 0.6 is 11.3 Å². The van der Waals surface area contributed by atoms with Gasteiger partial charge in [-0.05, 0) is 38.5 Å². The molecule has 5 heteroatoms. The highest BCUT2D eigenvalue weighted by Gasteiger charge is 2.07. The van der Waals surface area contributed by atoms with Gasteiger partial charge in [-0.25, -0.2) is 0 Å². The van der Waals surface area contributed by atoms with Crippen molar-refractivity contribution >= 4 is 17.3 Å². The van der Waals surface area contributed by atoms with Crippen LogP contribution in [0.25, 0.3) is 0 Å². The molecule has 0 saturated carbocycles. The summed E-state index contributed by atoms with van der Waals surface area (Å²) < 4.78 is 0. The van der Waals surface area contributed by atoms with Crippen LogP contribution in [-0.4, -0.2) is 51.6 Å². The van der Waals surface area contributed by atoms with Crippen molar-refractivity contribution in [3.63, 3.8) is 0 Å². The summed E-state index contributed by atoms with van der Waals surface area (Å²) in [5.74, 6) is 1.41. The van der Waals surface area contributed by atoms with Gasteiger partial charge in [-0.2, -0.15) is 0 Å². The average molecular weight is 282 g/mol. The van der Waals surface area contributed by atoms with E-state index >= 15 is 0 Å². The second-order valence-corrected chi connectivity index (χ2v) is 5.93. The molecule has 0 spiro atoms. The number of hydrogen-bond acceptors (Lipinski definition) is 3. The van der Waals surface area contributed by atoms with Crippen LogP contribution in [-0.2, 0) is 0 Å². The molecule has 1 unspecified atom stereocenters. The van der Waals surface area contributed by atoms with Gasteiger partial charge in [-0.15, -0.1) is 11.3 Å². The van der Waals surface area contributed by atoms with Gasteiger partial charge in [0.25, 0.3) is 0 Å². The molecule has 2 N–H and O–H groups in total. The molecular formula is C14H26N4S. The van der Waals surface area contributed by atoms with Crippen LogP contribution < -0.4 is 10.6 Å². The number of rotatable bonds is 7. The Balaban J connectivity index is 2.22. The fourth-order valence-corrected chi connectivity index (χ4v) is 2.53. The van der Waals surface area contributed by atoms with E-state index < -0.39 is 0 Å². The molecule has 0 aliphatic carbocycles. The smallest absolute Gasteiger partial charge is 0.190 e. The Bertz CT molecular complexity index is 360. The summed E-state index contributed by atoms with van der Waals surface area (Å²) in [7, 11) is 6.00. The minimum absolute atomic E-state index is 0.514. The number of guanidine groups is 1. The van der Waals surface area contributed by atoms with Crippen molar-refractivity contribution in [2.24, 2.45) is 4.99 Å². The predicted molar refractivity (Wildman–Crippen MR) is 85.3 cm³/mol. The average Bonchev–Trinajstić information content (AvgIpc) is 2.91. The molecule has 1 atom stereocenters. The van der Waals surface area contributed by atoms with Gasteiger partial charge in [-0.1, -0.05) is 13.0 Å². The summed E-state index contributed by atoms with van der Waals surface area (Å²) in [5.41, 5.74) is 0. The van der Waals surface area contributed by atoms with Crippen LogP contribution in [0.15, 0.2) is 22.5 Å². The number of aliphatic imine (C=N–C) groups is 1. The molecule has 0 radical (unpaired) electrons. The first-order valence-electron chi connectivity index (χ1n) is 6.76. The molecule has 0 aromatic carbocycles. The molecule has 0 amide bonds. The lowest BCUT2D eigenvalue weighted by Gasteiger charge is -2.16. The molecule has 0 aliphatic rings. The van der Waals surface area contributed by atoms with Gasteiger partial charge in [0, 0.05) is 30.9 Å². The van der Waals surface area contributed by atoms with Crippen LogP contribution in [0.2, 0.25) is 0 Å². The summed E-state index contributed by atoms with van der Waals surface area (Å²) in [4.78, 5) is 7.85. The Hall–Kier alpha value is -1.07. The summed E-state index contributed by atoms with van der Waals surface area (Å²) in [6.07, 6.45) is 1.12. The molecule has 0 bridgehead atoms. The van der Waals surface area contributed by atoms with E-state index in [4.69, 9.17) is 0 Å². The minimum Gasteiger partial charge on any atom is -0.356 e. The maximum Gasteiger partial charge on any atom is 0.190 e. The van der Waals surface area contributed by atoms with Crippen molar-refractivity contribution in [3.05, 3.63) is 22.4 Å². The Kier molecular flexibility index (Phi) is 7.52. The molecule has 0 saturated heterocycles. The van der Waals surface area contributed by atoms with Crippen LogP contribution in [0.3, 0.4) is 0 Å². The van der Waals surface area contributed by atoms with Crippen LogP contribution in [0.4, 0.5) is 0 Å². The third-order valence-electron chi connectivity index (χ3n) is 2.90. The molecule has 1 aromatic rings. The van der Waals surface area contributed by atoms with Gasteiger partial charge in [0.1, 0.15) is 0 Å². The van der Waals surface area contributed by atoms with E-state index in [1.807, 2.05) is 18.4 Å². The second kappa shape index (κ2) is 8.93. The number of thiophene rings is 1. The van der Waals surface area contributed by atoms with E-state index in [-0.39, 0.29) is 0 Å². The maximum absolute atomic E-state index is 4.24. The van der Waals surface area contributed by atoms with Gasteiger partial charge < -0.3 is 15.5 Å². The van der Waals surface area contributed by atoms with Crippen molar-refractivity contribution in [3.8, 4) is 0 Å². The zero-order valence-corrected chi connectivity index (χ0v) is 13.3. The highest BCUT2D eigenvalue weighted by Crippen LogP contribution is 2.19. The lowest BCUT2D eigenvalue weighted by molar-refractivity contribution is 0.399. The largest absolute Gasteiger partial charge is 0.356 e. The van der Waals surface area contributed by atoms with Gasteiger partial charge in [-0.3, -0.25) is 4.99 Å². The summed E-state index contributed by atoms with van der Waals surface area (Å²) in [5, 5.41) is 8.84. The van der Waals surface area contributed by atoms with Crippen molar-refractivity contribution in [1.82, 2.24) is 15.5 Å². The monoisotopic (exact) mass is 282 g/mol. The molecule has 0 fully saturated rings. The van der Waals surface area contributed by atoms with Crippen molar-refractivity contribution in [1.29, 1.82) is 0 Å². The minimum atomic E-state index is 0.514. The lowest BCUT2D eigenvalue weighted by Crippen LogP contribution is -2.39. The van der Waals surface area contributed by atoms with Crippen molar-refractivity contribution in [2.45, 2.75) is 19.3 Å². The summed E-state index contributed by atoms with van der Waals surface area (Å²) >= 11 is 1.81. The van der Waals surface area contributed by atoms with Crippen LogP contribution in [0.1, 0.15) is 24.1 Å². The van der Waals surface area contributed by atoms with E-state index in [1.165, 1.54) is 4.88 Å². The van der Waals surface area contributed by atoms with E-state index in [0.717, 1.165) is 32.0 Å². The van der Waals surface area contributed by atoms with E-state index in [9.17, 15) is 0 Å². The fraction of sp³-hybridized carbons (Fsp3) is 0.643. The lowest BCUT2D eigenvalue weighted by atomic mass is 10.1. The molecule has 1 rings (SSSR count). The van der Waals surface area contributed by atoms with E-state index in [0.29, 0.717) is 5.92 Å². The molecule has 108 valence electrons. The van der Waals surface area contributed by atoms with Gasteiger partial charge in [0.15, 0.2) is 5.96 Å². The third-order valence-corrected chi connectivity index (χ3v) is 4.01. The molecule has 0 aliphatic heterocycles. The van der Waals surface area contributed by atoms with E-state index in [1.54, 1.807) is 0 Å². The van der Waals surface area contributed by atoms with Gasteiger partial charge in [0.05, 0.1) is 0 Å². The number of nitrogens with zero attached hydrogens (tertiary/aromatic N) is 2. The van der Waals surface area contributed by atoms with Crippen molar-refractivity contribution < 1.29 is 0 Å². The van der Waals surface area contributed by atoms with Crippen LogP contribution in [0, 0.1) is 0 Å². The molecule has 1 heterocycles. The number of hydrogen-bond donors (Lipinski definition) is 2. The Morgan fingerprint density at radius 2 is 2.21 bits per heavy atom. The SMILES string of the molecule is CN=C(NCCCN(C)C)NCC(C)c1cccs1. The normalized spacial score (nSPS) is 13.6. The first kappa shape index (κ1) is 16.0. The Labute approximate surface area is 120 Å². The van der Waals surface area contributed by atoms with Crippen LogP contribution in [0.5, 0.6) is 0 Å². The fourth-order valence-electron chi connectivity index (χ4n) is 1.74. The molecular weight excluding hydrogens is 256 g/mol. The van der Waals surface area contributed by atoms with E-state index in [2.05, 4.69) is 59.1 Å².